The van der Waals surface area contributed by atoms with Crippen LogP contribution in [0.15, 0.2) is 60.7 Å². The zero-order valence-electron chi connectivity index (χ0n) is 18.8. The van der Waals surface area contributed by atoms with Crippen LogP contribution in [0.4, 0.5) is 0 Å². The van der Waals surface area contributed by atoms with Crippen LogP contribution >= 0.6 is 0 Å². The molecule has 1 saturated carbocycles. The third-order valence-corrected chi connectivity index (χ3v) is 6.40. The molecule has 2 atom stereocenters. The number of nitrogens with zero attached hydrogens (tertiary/aromatic N) is 2. The average molecular weight is 444 g/mol. The second kappa shape index (κ2) is 10.4. The molecule has 4 rings (SSSR count). The van der Waals surface area contributed by atoms with E-state index in [2.05, 4.69) is 27.3 Å². The molecule has 0 amide bonds. The van der Waals surface area contributed by atoms with Gasteiger partial charge in [-0.3, -0.25) is 9.89 Å². The maximum atomic E-state index is 13.0. The van der Waals surface area contributed by atoms with Crippen molar-refractivity contribution in [3.8, 4) is 11.1 Å². The number of aromatic carboxylic acids is 1. The first-order valence-corrected chi connectivity index (χ1v) is 11.5. The zero-order chi connectivity index (χ0) is 23.2. The van der Waals surface area contributed by atoms with Crippen LogP contribution in [-0.4, -0.2) is 32.0 Å². The van der Waals surface area contributed by atoms with Gasteiger partial charge in [0.05, 0.1) is 5.56 Å². The summed E-state index contributed by atoms with van der Waals surface area (Å²) in [5.41, 5.74) is 2.81. The first-order chi connectivity index (χ1) is 16.0. The largest absolute Gasteiger partial charge is 0.478 e. The van der Waals surface area contributed by atoms with Crippen molar-refractivity contribution < 1.29 is 14.7 Å². The minimum atomic E-state index is -0.945. The summed E-state index contributed by atoms with van der Waals surface area (Å²) in [6.45, 7) is 2.03. The van der Waals surface area contributed by atoms with Gasteiger partial charge in [-0.15, -0.1) is 0 Å². The van der Waals surface area contributed by atoms with Crippen molar-refractivity contribution in [2.45, 2.75) is 45.4 Å². The van der Waals surface area contributed by atoms with Crippen LogP contribution in [-0.2, 0) is 6.42 Å². The lowest BCUT2D eigenvalue weighted by molar-refractivity contribution is 0.0697. The van der Waals surface area contributed by atoms with E-state index in [1.54, 1.807) is 18.2 Å². The molecule has 0 aliphatic heterocycles. The predicted octanol–water partition coefficient (Wildman–Crippen LogP) is 5.72. The smallest absolute Gasteiger partial charge is 0.336 e. The van der Waals surface area contributed by atoms with Gasteiger partial charge in [0.25, 0.3) is 0 Å². The molecule has 33 heavy (non-hydrogen) atoms. The van der Waals surface area contributed by atoms with Crippen LogP contribution in [0, 0.1) is 11.8 Å². The van der Waals surface area contributed by atoms with E-state index in [4.69, 9.17) is 0 Å². The van der Waals surface area contributed by atoms with Gasteiger partial charge in [-0.1, -0.05) is 67.5 Å². The fourth-order valence-electron chi connectivity index (χ4n) is 4.66. The van der Waals surface area contributed by atoms with Crippen LogP contribution in [0.1, 0.15) is 71.4 Å². The molecule has 1 aliphatic carbocycles. The van der Waals surface area contributed by atoms with E-state index in [0.717, 1.165) is 36.8 Å². The van der Waals surface area contributed by atoms with Gasteiger partial charge in [0.2, 0.25) is 11.6 Å². The third-order valence-electron chi connectivity index (χ3n) is 6.40. The van der Waals surface area contributed by atoms with Crippen LogP contribution < -0.4 is 0 Å². The number of benzene rings is 2. The molecule has 6 nitrogen and oxygen atoms in total. The number of carboxylic acid groups (broad SMARTS) is 1. The summed E-state index contributed by atoms with van der Waals surface area (Å²) < 4.78 is 0. The number of rotatable bonds is 8. The summed E-state index contributed by atoms with van der Waals surface area (Å²) in [4.78, 5) is 28.9. The van der Waals surface area contributed by atoms with Crippen LogP contribution in [0.3, 0.4) is 0 Å². The summed E-state index contributed by atoms with van der Waals surface area (Å²) in [5, 5.41) is 16.5. The van der Waals surface area contributed by atoms with Crippen molar-refractivity contribution in [1.29, 1.82) is 0 Å². The van der Waals surface area contributed by atoms with Gasteiger partial charge < -0.3 is 5.11 Å². The average Bonchev–Trinajstić information content (AvgIpc) is 3.31. The number of hydrogen-bond donors (Lipinski definition) is 2. The van der Waals surface area contributed by atoms with Gasteiger partial charge in [-0.05, 0) is 54.9 Å². The fourth-order valence-corrected chi connectivity index (χ4v) is 4.66. The number of nitrogens with one attached hydrogen (secondary N) is 1. The first-order valence-electron chi connectivity index (χ1n) is 11.5. The van der Waals surface area contributed by atoms with Gasteiger partial charge in [0.15, 0.2) is 0 Å². The Bertz CT molecular complexity index is 1150. The third kappa shape index (κ3) is 5.45. The summed E-state index contributed by atoms with van der Waals surface area (Å²) in [6.07, 6.45) is 9.90. The van der Waals surface area contributed by atoms with E-state index in [1.807, 2.05) is 37.3 Å². The Labute approximate surface area is 193 Å². The Balaban J connectivity index is 1.42. The molecular formula is C27H29N3O3. The number of H-pyrrole nitrogens is 1. The Morgan fingerprint density at radius 1 is 1.12 bits per heavy atom. The molecule has 3 aromatic rings. The lowest BCUT2D eigenvalue weighted by Gasteiger charge is -2.26. The highest BCUT2D eigenvalue weighted by molar-refractivity contribution is 5.96. The Morgan fingerprint density at radius 2 is 1.91 bits per heavy atom. The standard InChI is InChI=1S/C27H29N3O3/c1-2-3-7-18-8-6-9-21(16-18)25(31)26-28-24(29-30-26)17-19-12-14-20(15-13-19)22-10-4-5-11-23(22)27(32)33/h2-5,10-15,18,21H,6-9,16-17H2,1H3,(H,32,33)(H,28,29,30). The highest BCUT2D eigenvalue weighted by atomic mass is 16.4. The monoisotopic (exact) mass is 443 g/mol. The Kier molecular flexibility index (Phi) is 7.13. The molecule has 1 aromatic heterocycles. The number of carbonyl (C=O) groups excluding carboxylic acids is 1. The number of aromatic amines is 1. The number of aromatic nitrogens is 3. The second-order valence-corrected chi connectivity index (χ2v) is 8.73. The van der Waals surface area contributed by atoms with Gasteiger partial charge in [0, 0.05) is 12.3 Å². The lowest BCUT2D eigenvalue weighted by Crippen LogP contribution is -2.23. The molecule has 2 N–H and O–H groups in total. The number of hydrogen-bond acceptors (Lipinski definition) is 4. The first kappa shape index (κ1) is 22.6. The van der Waals surface area contributed by atoms with Crippen molar-refractivity contribution in [2.24, 2.45) is 11.8 Å². The van der Waals surface area contributed by atoms with E-state index in [0.29, 0.717) is 23.7 Å². The maximum absolute atomic E-state index is 13.0. The number of carboxylic acids is 1. The van der Waals surface area contributed by atoms with E-state index < -0.39 is 5.97 Å². The second-order valence-electron chi connectivity index (χ2n) is 8.73. The predicted molar refractivity (Wildman–Crippen MR) is 127 cm³/mol. The van der Waals surface area contributed by atoms with Crippen LogP contribution in [0.2, 0.25) is 0 Å². The molecule has 170 valence electrons. The van der Waals surface area contributed by atoms with Gasteiger partial charge in [0.1, 0.15) is 5.82 Å². The fraction of sp³-hybridized carbons (Fsp3) is 0.333. The van der Waals surface area contributed by atoms with E-state index >= 15 is 0 Å². The minimum absolute atomic E-state index is 0.00578. The van der Waals surface area contributed by atoms with E-state index in [-0.39, 0.29) is 23.1 Å². The van der Waals surface area contributed by atoms with Crippen molar-refractivity contribution in [3.05, 3.63) is 83.5 Å². The molecule has 1 heterocycles. The number of Topliss-reactive ketones (excluding diaryl/α,β-unsaturated/α-hetero) is 1. The molecule has 1 aliphatic rings. The molecule has 2 aromatic carbocycles. The minimum Gasteiger partial charge on any atom is -0.478 e. The van der Waals surface area contributed by atoms with Crippen molar-refractivity contribution in [1.82, 2.24) is 15.2 Å². The zero-order valence-corrected chi connectivity index (χ0v) is 18.8. The van der Waals surface area contributed by atoms with Crippen LogP contribution in [0.25, 0.3) is 11.1 Å². The van der Waals surface area contributed by atoms with Crippen LogP contribution in [0.5, 0.6) is 0 Å². The van der Waals surface area contributed by atoms with Crippen molar-refractivity contribution in [2.75, 3.05) is 0 Å². The molecular weight excluding hydrogens is 414 g/mol. The highest BCUT2D eigenvalue weighted by Crippen LogP contribution is 2.33. The molecule has 0 bridgehead atoms. The molecule has 0 spiro atoms. The quantitative estimate of drug-likeness (QED) is 0.343. The van der Waals surface area contributed by atoms with Gasteiger partial charge in [-0.25, -0.2) is 9.78 Å². The summed E-state index contributed by atoms with van der Waals surface area (Å²) >= 11 is 0. The molecule has 2 unspecified atom stereocenters. The maximum Gasteiger partial charge on any atom is 0.336 e. The van der Waals surface area contributed by atoms with Crippen molar-refractivity contribution in [3.63, 3.8) is 0 Å². The number of carbonyl (C=O) groups is 2. The molecule has 0 saturated heterocycles. The summed E-state index contributed by atoms with van der Waals surface area (Å²) in [5.74, 6) is 0.605. The Morgan fingerprint density at radius 3 is 2.67 bits per heavy atom. The summed E-state index contributed by atoms with van der Waals surface area (Å²) in [7, 11) is 0. The number of allylic oxidation sites excluding steroid dienone is 2. The Hall–Kier alpha value is -3.54. The molecule has 1 fully saturated rings. The van der Waals surface area contributed by atoms with E-state index in [1.165, 1.54) is 6.42 Å². The topological polar surface area (TPSA) is 95.9 Å². The lowest BCUT2D eigenvalue weighted by atomic mass is 9.78. The molecule has 6 heteroatoms. The normalized spacial score (nSPS) is 18.5. The van der Waals surface area contributed by atoms with Gasteiger partial charge >= 0.3 is 5.97 Å². The van der Waals surface area contributed by atoms with Crippen molar-refractivity contribution >= 4 is 11.8 Å². The SMILES string of the molecule is CC=CCC1CCCC(C(=O)c2n[nH]c(Cc3ccc(-c4ccccc4C(=O)O)cc3)n2)C1. The van der Waals surface area contributed by atoms with Gasteiger partial charge in [-0.2, -0.15) is 5.10 Å². The highest BCUT2D eigenvalue weighted by Gasteiger charge is 2.29. The number of ketones is 1. The summed E-state index contributed by atoms with van der Waals surface area (Å²) in [6, 6.07) is 14.7. The van der Waals surface area contributed by atoms with E-state index in [9.17, 15) is 14.7 Å². The molecule has 0 radical (unpaired) electrons.